The number of hydrogen-bond donors (Lipinski definition) is 4. The predicted octanol–water partition coefficient (Wildman–Crippen LogP) is 1.76. The number of nitrogens with zero attached hydrogens (tertiary/aromatic N) is 4. The van der Waals surface area contributed by atoms with E-state index in [1.807, 2.05) is 0 Å². The van der Waals surface area contributed by atoms with E-state index in [0.29, 0.717) is 15.6 Å². The molecule has 1 aromatic heterocycles. The third kappa shape index (κ3) is 8.63. The quantitative estimate of drug-likeness (QED) is 0.128. The lowest BCUT2D eigenvalue weighted by molar-refractivity contribution is -0.160. The molecule has 0 saturated carbocycles. The van der Waals surface area contributed by atoms with Gasteiger partial charge in [0.2, 0.25) is 0 Å². The van der Waals surface area contributed by atoms with Crippen LogP contribution in [0.25, 0.3) is 11.1 Å². The second kappa shape index (κ2) is 14.1. The highest BCUT2D eigenvalue weighted by Crippen LogP contribution is 2.30. The van der Waals surface area contributed by atoms with E-state index < -0.39 is 43.3 Å². The number of nitrogens with two attached hydrogens (primary N) is 1. The minimum atomic E-state index is -1.78. The lowest BCUT2D eigenvalue weighted by Crippen LogP contribution is -2.47. The molecule has 0 saturated heterocycles. The number of amides is 1. The molecule has 1 amide bonds. The number of aliphatic hydroxyl groups is 1. The van der Waals surface area contributed by atoms with Gasteiger partial charge in [0.1, 0.15) is 12.2 Å². The lowest BCUT2D eigenvalue weighted by atomic mass is 10.0. The Hall–Kier alpha value is -3.75. The van der Waals surface area contributed by atoms with Crippen LogP contribution in [0.1, 0.15) is 29.9 Å². The molecule has 2 atom stereocenters. The molecule has 1 unspecified atom stereocenters. The number of benzene rings is 2. The summed E-state index contributed by atoms with van der Waals surface area (Å²) in [6.07, 6.45) is -0.656. The Kier molecular flexibility index (Phi) is 10.8. The normalized spacial score (nSPS) is 12.7. The van der Waals surface area contributed by atoms with Crippen LogP contribution < -0.4 is 16.0 Å². The van der Waals surface area contributed by atoms with Crippen LogP contribution >= 0.6 is 23.2 Å². The van der Waals surface area contributed by atoms with Gasteiger partial charge in [0.15, 0.2) is 11.8 Å². The second-order valence-corrected chi connectivity index (χ2v) is 9.83. The SMILES string of the molecule is CC(C)C(N)C(=O)OCOn1cc(C(=O)NN(Cc2ccc(-c3cc(Cl)ccc3Cl)cc2)C[C@@H](O)C(=O)O)nn1. The molecule has 0 aliphatic rings. The molecule has 0 fully saturated rings. The molecule has 0 radical (unpaired) electrons. The van der Waals surface area contributed by atoms with Crippen molar-refractivity contribution < 1.29 is 34.2 Å². The number of carboxylic acid groups (broad SMARTS) is 1. The standard InChI is InChI=1S/C25H28Cl2N6O7/c1-14(2)22(28)25(38)39-13-40-33-11-20(29-31-33)23(35)30-32(12-21(34)24(36)37)10-15-3-5-16(6-4-15)18-9-17(26)7-8-19(18)27/h3-9,11,14,21-22,34H,10,12-13,28H2,1-2H3,(H,30,35)(H,36,37)/t21-,22?/m1/s1. The monoisotopic (exact) mass is 594 g/mol. The van der Waals surface area contributed by atoms with Crippen LogP contribution in [0.5, 0.6) is 0 Å². The van der Waals surface area contributed by atoms with Crippen molar-refractivity contribution in [3.63, 3.8) is 0 Å². The van der Waals surface area contributed by atoms with Gasteiger partial charge in [0.05, 0.1) is 6.54 Å². The first-order chi connectivity index (χ1) is 18.9. The van der Waals surface area contributed by atoms with Gasteiger partial charge in [-0.05, 0) is 40.5 Å². The Balaban J connectivity index is 1.65. The summed E-state index contributed by atoms with van der Waals surface area (Å²) < 4.78 is 4.90. The number of aliphatic hydroxyl groups excluding tert-OH is 1. The van der Waals surface area contributed by atoms with Crippen LogP contribution in [0.3, 0.4) is 0 Å². The summed E-state index contributed by atoms with van der Waals surface area (Å²) >= 11 is 12.4. The number of halogens is 2. The van der Waals surface area contributed by atoms with Gasteiger partial charge in [-0.15, -0.1) is 5.10 Å². The van der Waals surface area contributed by atoms with E-state index in [4.69, 9.17) is 43.6 Å². The largest absolute Gasteiger partial charge is 0.479 e. The minimum Gasteiger partial charge on any atom is -0.479 e. The number of hydrogen-bond acceptors (Lipinski definition) is 10. The van der Waals surface area contributed by atoms with Crippen LogP contribution in [0.15, 0.2) is 48.7 Å². The van der Waals surface area contributed by atoms with Crippen molar-refractivity contribution in [1.29, 1.82) is 0 Å². The number of aromatic nitrogens is 3. The Morgan fingerprint density at radius 2 is 1.85 bits per heavy atom. The van der Waals surface area contributed by atoms with Gasteiger partial charge in [-0.1, -0.05) is 66.2 Å². The number of carbonyl (C=O) groups excluding carboxylic acids is 2. The molecule has 13 nitrogen and oxygen atoms in total. The van der Waals surface area contributed by atoms with Gasteiger partial charge in [-0.2, -0.15) is 0 Å². The van der Waals surface area contributed by atoms with E-state index in [9.17, 15) is 19.5 Å². The topological polar surface area (TPSA) is 182 Å². The van der Waals surface area contributed by atoms with Gasteiger partial charge in [0, 0.05) is 22.2 Å². The molecular weight excluding hydrogens is 567 g/mol. The van der Waals surface area contributed by atoms with E-state index in [1.54, 1.807) is 56.3 Å². The maximum Gasteiger partial charge on any atom is 0.333 e. The number of esters is 1. The fourth-order valence-electron chi connectivity index (χ4n) is 3.29. The van der Waals surface area contributed by atoms with Gasteiger partial charge >= 0.3 is 11.9 Å². The highest BCUT2D eigenvalue weighted by molar-refractivity contribution is 6.35. The predicted molar refractivity (Wildman–Crippen MR) is 144 cm³/mol. The zero-order chi connectivity index (χ0) is 29.4. The van der Waals surface area contributed by atoms with E-state index >= 15 is 0 Å². The molecular formula is C25H28Cl2N6O7. The number of carboxylic acids is 1. The van der Waals surface area contributed by atoms with E-state index in [-0.39, 0.29) is 18.2 Å². The molecule has 0 bridgehead atoms. The molecule has 2 aromatic carbocycles. The highest BCUT2D eigenvalue weighted by Gasteiger charge is 2.22. The molecule has 3 aromatic rings. The van der Waals surface area contributed by atoms with Crippen molar-refractivity contribution in [3.8, 4) is 11.1 Å². The fourth-order valence-corrected chi connectivity index (χ4v) is 3.69. The van der Waals surface area contributed by atoms with Crippen molar-refractivity contribution in [2.24, 2.45) is 11.7 Å². The summed E-state index contributed by atoms with van der Waals surface area (Å²) in [6, 6.07) is 11.4. The number of nitrogens with one attached hydrogen (secondary N) is 1. The van der Waals surface area contributed by atoms with Crippen LogP contribution in [0, 0.1) is 5.92 Å². The smallest absolute Gasteiger partial charge is 0.333 e. The van der Waals surface area contributed by atoms with Crippen molar-refractivity contribution in [2.75, 3.05) is 13.3 Å². The Labute approximate surface area is 239 Å². The van der Waals surface area contributed by atoms with Crippen molar-refractivity contribution in [2.45, 2.75) is 32.5 Å². The molecule has 0 aliphatic heterocycles. The first kappa shape index (κ1) is 30.8. The van der Waals surface area contributed by atoms with Crippen molar-refractivity contribution in [1.82, 2.24) is 25.6 Å². The Morgan fingerprint density at radius 3 is 2.50 bits per heavy atom. The minimum absolute atomic E-state index is 0.0380. The van der Waals surface area contributed by atoms with Gasteiger partial charge in [-0.25, -0.2) is 9.80 Å². The molecule has 0 spiro atoms. The van der Waals surface area contributed by atoms with Crippen LogP contribution in [-0.2, 0) is 20.9 Å². The number of ether oxygens (including phenoxy) is 1. The van der Waals surface area contributed by atoms with Crippen molar-refractivity contribution >= 4 is 41.0 Å². The number of rotatable bonds is 13. The molecule has 3 rings (SSSR count). The van der Waals surface area contributed by atoms with E-state index in [0.717, 1.165) is 22.2 Å². The maximum absolute atomic E-state index is 12.8. The summed E-state index contributed by atoms with van der Waals surface area (Å²) in [5.41, 5.74) is 10.2. The molecule has 214 valence electrons. The highest BCUT2D eigenvalue weighted by atomic mass is 35.5. The van der Waals surface area contributed by atoms with Gasteiger partial charge < -0.3 is 25.5 Å². The lowest BCUT2D eigenvalue weighted by Gasteiger charge is -2.24. The van der Waals surface area contributed by atoms with Crippen molar-refractivity contribution in [3.05, 3.63) is 70.0 Å². The van der Waals surface area contributed by atoms with Crippen LogP contribution in [0.4, 0.5) is 0 Å². The van der Waals surface area contributed by atoms with Crippen LogP contribution in [0.2, 0.25) is 10.0 Å². The second-order valence-electron chi connectivity index (χ2n) is 8.98. The van der Waals surface area contributed by atoms with E-state index in [2.05, 4.69) is 15.7 Å². The first-order valence-electron chi connectivity index (χ1n) is 11.9. The number of hydrazine groups is 1. The van der Waals surface area contributed by atoms with Crippen LogP contribution in [-0.4, -0.2) is 73.7 Å². The summed E-state index contributed by atoms with van der Waals surface area (Å²) in [7, 11) is 0. The van der Waals surface area contributed by atoms with E-state index in [1.165, 1.54) is 5.01 Å². The zero-order valence-corrected chi connectivity index (χ0v) is 23.0. The molecule has 0 aliphatic carbocycles. The Morgan fingerprint density at radius 1 is 1.15 bits per heavy atom. The average Bonchev–Trinajstić information content (AvgIpc) is 3.39. The molecule has 40 heavy (non-hydrogen) atoms. The molecule has 1 heterocycles. The molecule has 15 heteroatoms. The number of carbonyl (C=O) groups is 3. The number of aliphatic carboxylic acids is 1. The van der Waals surface area contributed by atoms with Gasteiger partial charge in [-0.3, -0.25) is 15.0 Å². The summed E-state index contributed by atoms with van der Waals surface area (Å²) in [5.74, 6) is -3.01. The third-order valence-electron chi connectivity index (χ3n) is 5.59. The van der Waals surface area contributed by atoms with Gasteiger partial charge in [0.25, 0.3) is 12.7 Å². The first-order valence-corrected chi connectivity index (χ1v) is 12.7. The molecule has 5 N–H and O–H groups in total. The summed E-state index contributed by atoms with van der Waals surface area (Å²) in [5, 5.41) is 28.6. The third-order valence-corrected chi connectivity index (χ3v) is 6.15. The fraction of sp³-hybridized carbons (Fsp3) is 0.320. The summed E-state index contributed by atoms with van der Waals surface area (Å²) in [6.45, 7) is 2.62. The summed E-state index contributed by atoms with van der Waals surface area (Å²) in [4.78, 5) is 41.7. The Bertz CT molecular complexity index is 1340. The zero-order valence-electron chi connectivity index (χ0n) is 21.5. The average molecular weight is 595 g/mol. The maximum atomic E-state index is 12.8.